The van der Waals surface area contributed by atoms with Gasteiger partial charge in [-0.15, -0.1) is 10.2 Å². The first-order chi connectivity index (χ1) is 14.1. The van der Waals surface area contributed by atoms with Crippen LogP contribution in [0.3, 0.4) is 0 Å². The van der Waals surface area contributed by atoms with Gasteiger partial charge in [0.1, 0.15) is 0 Å². The number of esters is 1. The molecular formula is C21H17N5O3. The van der Waals surface area contributed by atoms with E-state index < -0.39 is 11.9 Å². The zero-order valence-corrected chi connectivity index (χ0v) is 15.5. The molecule has 0 aliphatic heterocycles. The maximum absolute atomic E-state index is 12.5. The van der Waals surface area contributed by atoms with E-state index >= 15 is 0 Å². The van der Waals surface area contributed by atoms with Gasteiger partial charge in [-0.3, -0.25) is 4.79 Å². The molecule has 0 fully saturated rings. The summed E-state index contributed by atoms with van der Waals surface area (Å²) in [6, 6.07) is 18.6. The van der Waals surface area contributed by atoms with E-state index in [1.54, 1.807) is 61.5 Å². The lowest BCUT2D eigenvalue weighted by Gasteiger charge is -2.10. The molecule has 1 amide bonds. The van der Waals surface area contributed by atoms with Gasteiger partial charge in [0.15, 0.2) is 11.5 Å². The molecule has 29 heavy (non-hydrogen) atoms. The van der Waals surface area contributed by atoms with E-state index in [0.717, 1.165) is 5.69 Å². The third-order valence-corrected chi connectivity index (χ3v) is 3.85. The highest BCUT2D eigenvalue weighted by atomic mass is 16.5. The number of aromatic nitrogens is 2. The quantitative estimate of drug-likeness (QED) is 0.621. The number of nitriles is 1. The van der Waals surface area contributed by atoms with Gasteiger partial charge in [0.05, 0.1) is 29.5 Å². The van der Waals surface area contributed by atoms with Crippen molar-refractivity contribution in [2.75, 3.05) is 17.2 Å². The fraction of sp³-hybridized carbons (Fsp3) is 0.0952. The Labute approximate surface area is 167 Å². The molecular weight excluding hydrogens is 370 g/mol. The second-order valence-electron chi connectivity index (χ2n) is 5.84. The number of carbonyl (C=O) groups excluding carboxylic acids is 2. The van der Waals surface area contributed by atoms with Crippen LogP contribution >= 0.6 is 0 Å². The highest BCUT2D eigenvalue weighted by molar-refractivity contribution is 6.07. The van der Waals surface area contributed by atoms with Crippen molar-refractivity contribution in [3.8, 4) is 6.07 Å². The molecule has 0 bridgehead atoms. The van der Waals surface area contributed by atoms with Crippen LogP contribution in [0.2, 0.25) is 0 Å². The second kappa shape index (κ2) is 9.10. The summed E-state index contributed by atoms with van der Waals surface area (Å²) in [5.74, 6) is -0.575. The lowest BCUT2D eigenvalue weighted by atomic mass is 10.1. The third-order valence-electron chi connectivity index (χ3n) is 3.85. The normalized spacial score (nSPS) is 9.93. The Kier molecular flexibility index (Phi) is 6.12. The Hall–Kier alpha value is -4.25. The van der Waals surface area contributed by atoms with Crippen molar-refractivity contribution < 1.29 is 14.3 Å². The van der Waals surface area contributed by atoms with Crippen molar-refractivity contribution in [3.05, 3.63) is 77.5 Å². The van der Waals surface area contributed by atoms with Gasteiger partial charge < -0.3 is 15.4 Å². The van der Waals surface area contributed by atoms with Crippen LogP contribution in [0.25, 0.3) is 0 Å². The molecule has 0 atom stereocenters. The number of rotatable bonds is 6. The van der Waals surface area contributed by atoms with Crippen LogP contribution in [-0.2, 0) is 4.74 Å². The fourth-order valence-electron chi connectivity index (χ4n) is 2.46. The van der Waals surface area contributed by atoms with Crippen LogP contribution in [0.15, 0.2) is 60.7 Å². The molecule has 0 aliphatic carbocycles. The Morgan fingerprint density at radius 1 is 1.03 bits per heavy atom. The first-order valence-corrected chi connectivity index (χ1v) is 8.79. The number of ether oxygens (including phenoxy) is 1. The molecule has 0 radical (unpaired) electrons. The largest absolute Gasteiger partial charge is 0.462 e. The van der Waals surface area contributed by atoms with E-state index in [1.165, 1.54) is 6.07 Å². The minimum atomic E-state index is -0.517. The molecule has 8 nitrogen and oxygen atoms in total. The van der Waals surface area contributed by atoms with Crippen LogP contribution in [0, 0.1) is 11.3 Å². The van der Waals surface area contributed by atoms with Gasteiger partial charge in [-0.2, -0.15) is 5.26 Å². The van der Waals surface area contributed by atoms with E-state index in [2.05, 4.69) is 20.8 Å². The Balaban J connectivity index is 1.69. The van der Waals surface area contributed by atoms with Gasteiger partial charge in [-0.1, -0.05) is 12.1 Å². The summed E-state index contributed by atoms with van der Waals surface area (Å²) >= 11 is 0. The summed E-state index contributed by atoms with van der Waals surface area (Å²) in [5.41, 5.74) is 1.97. The molecule has 2 N–H and O–H groups in total. The molecule has 8 heteroatoms. The van der Waals surface area contributed by atoms with Crippen LogP contribution < -0.4 is 10.6 Å². The van der Waals surface area contributed by atoms with Crippen molar-refractivity contribution in [1.29, 1.82) is 5.26 Å². The van der Waals surface area contributed by atoms with E-state index in [-0.39, 0.29) is 17.9 Å². The predicted molar refractivity (Wildman–Crippen MR) is 107 cm³/mol. The zero-order chi connectivity index (χ0) is 20.6. The Morgan fingerprint density at radius 3 is 2.45 bits per heavy atom. The van der Waals surface area contributed by atoms with Crippen LogP contribution in [0.5, 0.6) is 0 Å². The number of carbonyl (C=O) groups is 2. The molecule has 3 aromatic rings. The molecule has 3 rings (SSSR count). The van der Waals surface area contributed by atoms with Crippen molar-refractivity contribution in [3.63, 3.8) is 0 Å². The van der Waals surface area contributed by atoms with Gasteiger partial charge in [0.25, 0.3) is 5.91 Å². The Bertz CT molecular complexity index is 1060. The molecule has 0 saturated carbocycles. The summed E-state index contributed by atoms with van der Waals surface area (Å²) in [4.78, 5) is 24.5. The van der Waals surface area contributed by atoms with Crippen LogP contribution in [-0.4, -0.2) is 28.7 Å². The fourth-order valence-corrected chi connectivity index (χ4v) is 2.46. The minimum Gasteiger partial charge on any atom is -0.462 e. The number of anilines is 3. The number of benzene rings is 2. The highest BCUT2D eigenvalue weighted by Gasteiger charge is 2.16. The van der Waals surface area contributed by atoms with Crippen molar-refractivity contribution in [1.82, 2.24) is 10.2 Å². The number of hydrogen-bond acceptors (Lipinski definition) is 7. The number of nitrogens with one attached hydrogen (secondary N) is 2. The summed E-state index contributed by atoms with van der Waals surface area (Å²) < 4.78 is 5.00. The minimum absolute atomic E-state index is 0.0917. The van der Waals surface area contributed by atoms with E-state index in [0.29, 0.717) is 17.1 Å². The number of amides is 1. The van der Waals surface area contributed by atoms with Gasteiger partial charge in [-0.05, 0) is 55.5 Å². The van der Waals surface area contributed by atoms with E-state index in [4.69, 9.17) is 10.00 Å². The highest BCUT2D eigenvalue weighted by Crippen LogP contribution is 2.18. The van der Waals surface area contributed by atoms with Crippen molar-refractivity contribution in [2.24, 2.45) is 0 Å². The molecule has 0 unspecified atom stereocenters. The van der Waals surface area contributed by atoms with Gasteiger partial charge >= 0.3 is 5.97 Å². The van der Waals surface area contributed by atoms with Crippen molar-refractivity contribution in [2.45, 2.75) is 6.92 Å². The maximum Gasteiger partial charge on any atom is 0.340 e. The molecule has 1 aromatic heterocycles. The average Bonchev–Trinajstić information content (AvgIpc) is 2.75. The molecule has 2 aromatic carbocycles. The molecule has 1 heterocycles. The summed E-state index contributed by atoms with van der Waals surface area (Å²) in [5, 5.41) is 22.4. The third kappa shape index (κ3) is 4.93. The number of nitrogens with zero attached hydrogens (tertiary/aromatic N) is 3. The topological polar surface area (TPSA) is 117 Å². The molecule has 0 spiro atoms. The monoisotopic (exact) mass is 387 g/mol. The van der Waals surface area contributed by atoms with E-state index in [1.807, 2.05) is 6.07 Å². The van der Waals surface area contributed by atoms with Gasteiger partial charge in [0.2, 0.25) is 0 Å². The number of hydrogen-bond donors (Lipinski definition) is 2. The van der Waals surface area contributed by atoms with Crippen LogP contribution in [0.1, 0.15) is 33.3 Å². The second-order valence-corrected chi connectivity index (χ2v) is 5.84. The predicted octanol–water partition coefficient (Wildman–Crippen LogP) is 3.52. The standard InChI is InChI=1S/C21H17N5O3/c1-2-29-21(28)16-5-3-4-6-17(16)24-20(27)18-11-12-19(26-25-18)23-15-9-7-14(13-22)8-10-15/h3-12H,2H2,1H3,(H,23,26)(H,24,27). The summed E-state index contributed by atoms with van der Waals surface area (Å²) in [6.07, 6.45) is 0. The lowest BCUT2D eigenvalue weighted by Crippen LogP contribution is -2.17. The lowest BCUT2D eigenvalue weighted by molar-refractivity contribution is 0.0527. The Morgan fingerprint density at radius 2 is 1.79 bits per heavy atom. The van der Waals surface area contributed by atoms with Crippen LogP contribution in [0.4, 0.5) is 17.2 Å². The van der Waals surface area contributed by atoms with Gasteiger partial charge in [0, 0.05) is 5.69 Å². The first kappa shape index (κ1) is 19.5. The summed E-state index contributed by atoms with van der Waals surface area (Å²) in [7, 11) is 0. The molecule has 0 aliphatic rings. The zero-order valence-electron chi connectivity index (χ0n) is 15.5. The average molecular weight is 387 g/mol. The summed E-state index contributed by atoms with van der Waals surface area (Å²) in [6.45, 7) is 1.95. The molecule has 144 valence electrons. The first-order valence-electron chi connectivity index (χ1n) is 8.79. The van der Waals surface area contributed by atoms with E-state index in [9.17, 15) is 9.59 Å². The van der Waals surface area contributed by atoms with Crippen molar-refractivity contribution >= 4 is 29.1 Å². The van der Waals surface area contributed by atoms with Gasteiger partial charge in [-0.25, -0.2) is 4.79 Å². The molecule has 0 saturated heterocycles. The smallest absolute Gasteiger partial charge is 0.340 e. The maximum atomic E-state index is 12.5. The number of para-hydroxylation sites is 1. The SMILES string of the molecule is CCOC(=O)c1ccccc1NC(=O)c1ccc(Nc2ccc(C#N)cc2)nn1.